The van der Waals surface area contributed by atoms with Crippen LogP contribution >= 0.6 is 0 Å². The highest BCUT2D eigenvalue weighted by molar-refractivity contribution is 7.91. The summed E-state index contributed by atoms with van der Waals surface area (Å²) in [5.41, 5.74) is 5.26. The number of hydrogen-bond donors (Lipinski definition) is 1. The first-order chi connectivity index (χ1) is 15.3. The Bertz CT molecular complexity index is 1400. The molecule has 4 aromatic rings. The SMILES string of the molecule is CCOc1ccc2ncc(S(=O)(=O)c3ccc(C)cc3)c(Nc3ccc(C)c(C)c3)c2c1. The summed E-state index contributed by atoms with van der Waals surface area (Å²) < 4.78 is 32.9. The number of rotatable bonds is 6. The number of nitrogens with one attached hydrogen (secondary N) is 1. The van der Waals surface area contributed by atoms with Gasteiger partial charge in [0.15, 0.2) is 0 Å². The van der Waals surface area contributed by atoms with E-state index in [1.165, 1.54) is 11.8 Å². The summed E-state index contributed by atoms with van der Waals surface area (Å²) in [4.78, 5) is 4.81. The zero-order chi connectivity index (χ0) is 22.9. The van der Waals surface area contributed by atoms with Crippen molar-refractivity contribution in [2.24, 2.45) is 0 Å². The molecule has 1 aromatic heterocycles. The maximum atomic E-state index is 13.6. The van der Waals surface area contributed by atoms with E-state index in [1.54, 1.807) is 24.3 Å². The molecule has 6 heteroatoms. The minimum atomic E-state index is -3.81. The van der Waals surface area contributed by atoms with E-state index in [-0.39, 0.29) is 9.79 Å². The van der Waals surface area contributed by atoms with Crippen molar-refractivity contribution < 1.29 is 13.2 Å². The van der Waals surface area contributed by atoms with Gasteiger partial charge in [0, 0.05) is 17.3 Å². The number of benzene rings is 3. The summed E-state index contributed by atoms with van der Waals surface area (Å²) in [5, 5.41) is 4.05. The van der Waals surface area contributed by atoms with Crippen LogP contribution in [0.3, 0.4) is 0 Å². The Morgan fingerprint density at radius 2 is 1.66 bits per heavy atom. The molecule has 0 unspecified atom stereocenters. The van der Waals surface area contributed by atoms with Crippen LogP contribution in [0.15, 0.2) is 76.7 Å². The lowest BCUT2D eigenvalue weighted by Crippen LogP contribution is -2.08. The number of pyridine rings is 1. The van der Waals surface area contributed by atoms with Crippen LogP contribution in [-0.2, 0) is 9.84 Å². The summed E-state index contributed by atoms with van der Waals surface area (Å²) in [5.74, 6) is 0.662. The van der Waals surface area contributed by atoms with E-state index < -0.39 is 9.84 Å². The highest BCUT2D eigenvalue weighted by atomic mass is 32.2. The second kappa shape index (κ2) is 8.63. The van der Waals surface area contributed by atoms with Crippen LogP contribution < -0.4 is 10.1 Å². The number of sulfone groups is 1. The monoisotopic (exact) mass is 446 g/mol. The molecule has 0 saturated heterocycles. The molecule has 0 fully saturated rings. The molecule has 32 heavy (non-hydrogen) atoms. The summed E-state index contributed by atoms with van der Waals surface area (Å²) >= 11 is 0. The first kappa shape index (κ1) is 21.8. The zero-order valence-corrected chi connectivity index (χ0v) is 19.5. The second-order valence-electron chi connectivity index (χ2n) is 7.85. The van der Waals surface area contributed by atoms with Gasteiger partial charge in [-0.25, -0.2) is 8.42 Å². The topological polar surface area (TPSA) is 68.3 Å². The predicted molar refractivity (Wildman–Crippen MR) is 129 cm³/mol. The third kappa shape index (κ3) is 4.18. The van der Waals surface area contributed by atoms with Crippen LogP contribution in [0.1, 0.15) is 23.6 Å². The van der Waals surface area contributed by atoms with Gasteiger partial charge >= 0.3 is 0 Å². The number of aryl methyl sites for hydroxylation is 3. The molecular formula is C26H26N2O3S. The number of hydrogen-bond acceptors (Lipinski definition) is 5. The Hall–Kier alpha value is -3.38. The Morgan fingerprint density at radius 3 is 2.34 bits per heavy atom. The average molecular weight is 447 g/mol. The zero-order valence-electron chi connectivity index (χ0n) is 18.6. The van der Waals surface area contributed by atoms with Gasteiger partial charge in [0.1, 0.15) is 10.6 Å². The molecule has 3 aromatic carbocycles. The normalized spacial score (nSPS) is 11.5. The lowest BCUT2D eigenvalue weighted by atomic mass is 10.1. The van der Waals surface area contributed by atoms with Crippen molar-refractivity contribution >= 4 is 32.1 Å². The van der Waals surface area contributed by atoms with E-state index in [2.05, 4.69) is 10.3 Å². The molecule has 0 spiro atoms. The van der Waals surface area contributed by atoms with E-state index >= 15 is 0 Å². The quantitative estimate of drug-likeness (QED) is 0.386. The fourth-order valence-electron chi connectivity index (χ4n) is 3.55. The number of aromatic nitrogens is 1. The van der Waals surface area contributed by atoms with Crippen molar-refractivity contribution in [3.05, 3.63) is 83.6 Å². The van der Waals surface area contributed by atoms with E-state index in [0.29, 0.717) is 28.9 Å². The minimum Gasteiger partial charge on any atom is -0.494 e. The lowest BCUT2D eigenvalue weighted by Gasteiger charge is -2.17. The molecule has 0 aliphatic rings. The molecule has 0 aliphatic carbocycles. The fraction of sp³-hybridized carbons (Fsp3) is 0.192. The summed E-state index contributed by atoms with van der Waals surface area (Å²) in [6.45, 7) is 8.43. The van der Waals surface area contributed by atoms with Crippen LogP contribution in [0.2, 0.25) is 0 Å². The van der Waals surface area contributed by atoms with Crippen LogP contribution in [-0.4, -0.2) is 20.0 Å². The molecular weight excluding hydrogens is 420 g/mol. The third-order valence-corrected chi connectivity index (χ3v) is 7.29. The molecule has 1 N–H and O–H groups in total. The number of anilines is 2. The van der Waals surface area contributed by atoms with Gasteiger partial charge in [0.2, 0.25) is 9.84 Å². The number of fused-ring (bicyclic) bond motifs is 1. The summed E-state index contributed by atoms with van der Waals surface area (Å²) in [6, 6.07) is 18.3. The fourth-order valence-corrected chi connectivity index (χ4v) is 4.92. The predicted octanol–water partition coefficient (Wildman–Crippen LogP) is 6.14. The van der Waals surface area contributed by atoms with Gasteiger partial charge in [0.25, 0.3) is 0 Å². The van der Waals surface area contributed by atoms with E-state index in [9.17, 15) is 8.42 Å². The number of nitrogens with zero attached hydrogens (tertiary/aromatic N) is 1. The molecule has 0 atom stereocenters. The summed E-state index contributed by atoms with van der Waals surface area (Å²) in [6.07, 6.45) is 1.43. The van der Waals surface area contributed by atoms with Gasteiger partial charge in [-0.3, -0.25) is 4.98 Å². The molecule has 5 nitrogen and oxygen atoms in total. The first-order valence-electron chi connectivity index (χ1n) is 10.5. The highest BCUT2D eigenvalue weighted by Crippen LogP contribution is 2.37. The van der Waals surface area contributed by atoms with Gasteiger partial charge in [-0.15, -0.1) is 0 Å². The molecule has 0 saturated carbocycles. The molecule has 0 amide bonds. The van der Waals surface area contributed by atoms with Crippen LogP contribution in [0.5, 0.6) is 5.75 Å². The molecule has 0 bridgehead atoms. The molecule has 1 heterocycles. The van der Waals surface area contributed by atoms with Gasteiger partial charge in [-0.1, -0.05) is 23.8 Å². The van der Waals surface area contributed by atoms with Crippen LogP contribution in [0.25, 0.3) is 10.9 Å². The summed E-state index contributed by atoms with van der Waals surface area (Å²) in [7, 11) is -3.81. The Labute approximate surface area is 189 Å². The maximum Gasteiger partial charge on any atom is 0.210 e. The van der Waals surface area contributed by atoms with Crippen molar-refractivity contribution in [3.63, 3.8) is 0 Å². The first-order valence-corrected chi connectivity index (χ1v) is 12.0. The third-order valence-electron chi connectivity index (χ3n) is 5.51. The van der Waals surface area contributed by atoms with E-state index in [4.69, 9.17) is 4.74 Å². The van der Waals surface area contributed by atoms with Crippen LogP contribution in [0.4, 0.5) is 11.4 Å². The van der Waals surface area contributed by atoms with Gasteiger partial charge < -0.3 is 10.1 Å². The van der Waals surface area contributed by atoms with Crippen molar-refractivity contribution in [1.29, 1.82) is 0 Å². The van der Waals surface area contributed by atoms with Crippen molar-refractivity contribution in [3.8, 4) is 5.75 Å². The molecule has 164 valence electrons. The van der Waals surface area contributed by atoms with E-state index in [0.717, 1.165) is 16.8 Å². The van der Waals surface area contributed by atoms with Crippen molar-refractivity contribution in [2.45, 2.75) is 37.5 Å². The van der Waals surface area contributed by atoms with Gasteiger partial charge in [0.05, 0.1) is 22.7 Å². The molecule has 0 aliphatic heterocycles. The molecule has 4 rings (SSSR count). The van der Waals surface area contributed by atoms with Crippen LogP contribution in [0, 0.1) is 20.8 Å². The molecule has 0 radical (unpaired) electrons. The Balaban J connectivity index is 1.96. The standard InChI is InChI=1S/C26H26N2O3S/c1-5-31-21-10-13-24-23(15-21)26(28-20-9-8-18(3)19(4)14-20)25(16-27-24)32(29,30)22-11-6-17(2)7-12-22/h6-16H,5H2,1-4H3,(H,27,28). The van der Waals surface area contributed by atoms with Crippen molar-refractivity contribution in [1.82, 2.24) is 4.98 Å². The smallest absolute Gasteiger partial charge is 0.210 e. The minimum absolute atomic E-state index is 0.126. The van der Waals surface area contributed by atoms with Gasteiger partial charge in [-0.2, -0.15) is 0 Å². The average Bonchev–Trinajstić information content (AvgIpc) is 2.77. The Morgan fingerprint density at radius 1 is 0.906 bits per heavy atom. The highest BCUT2D eigenvalue weighted by Gasteiger charge is 2.24. The second-order valence-corrected chi connectivity index (χ2v) is 9.77. The number of ether oxygens (including phenoxy) is 1. The van der Waals surface area contributed by atoms with Crippen molar-refractivity contribution in [2.75, 3.05) is 11.9 Å². The van der Waals surface area contributed by atoms with E-state index in [1.807, 2.05) is 64.1 Å². The largest absolute Gasteiger partial charge is 0.494 e. The van der Waals surface area contributed by atoms with Gasteiger partial charge in [-0.05, 0) is 81.3 Å². The Kier molecular flexibility index (Phi) is 5.89. The lowest BCUT2D eigenvalue weighted by molar-refractivity contribution is 0.340. The maximum absolute atomic E-state index is 13.6.